The normalized spacial score (nSPS) is 12.2. The molecule has 13 heavy (non-hydrogen) atoms. The molecule has 0 saturated heterocycles. The number of aryl methyl sites for hydroxylation is 2. The molecule has 0 heterocycles. The van der Waals surface area contributed by atoms with E-state index in [1.54, 1.807) is 0 Å². The molecule has 0 radical (unpaired) electrons. The molecule has 0 bridgehead atoms. The highest BCUT2D eigenvalue weighted by Gasteiger charge is 2.04. The van der Waals surface area contributed by atoms with Crippen molar-refractivity contribution in [1.29, 1.82) is 5.26 Å². The molecular formula is C11H14N2. The molecule has 68 valence electrons. The molecule has 0 aliphatic rings. The van der Waals surface area contributed by atoms with Crippen LogP contribution in [0.25, 0.3) is 0 Å². The average molecular weight is 174 g/mol. The number of nitrogens with two attached hydrogens (primary N) is 1. The second kappa shape index (κ2) is 4.06. The first-order chi connectivity index (χ1) is 6.13. The highest BCUT2D eigenvalue weighted by atomic mass is 14.6. The van der Waals surface area contributed by atoms with Crippen LogP contribution in [0.15, 0.2) is 18.2 Å². The Morgan fingerprint density at radius 3 is 2.69 bits per heavy atom. The summed E-state index contributed by atoms with van der Waals surface area (Å²) in [5.74, 6) is 0. The zero-order valence-electron chi connectivity index (χ0n) is 8.04. The van der Waals surface area contributed by atoms with Gasteiger partial charge < -0.3 is 5.73 Å². The SMILES string of the molecule is Cc1ccc(CC(N)C#N)c(C)c1. The van der Waals surface area contributed by atoms with Crippen LogP contribution in [0.5, 0.6) is 0 Å². The molecule has 1 unspecified atom stereocenters. The van der Waals surface area contributed by atoms with Gasteiger partial charge in [-0.2, -0.15) is 5.26 Å². The predicted molar refractivity (Wildman–Crippen MR) is 53.2 cm³/mol. The van der Waals surface area contributed by atoms with Crippen LogP contribution >= 0.6 is 0 Å². The Bertz CT molecular complexity index is 336. The Balaban J connectivity index is 2.85. The van der Waals surface area contributed by atoms with Gasteiger partial charge in [0.05, 0.1) is 12.1 Å². The van der Waals surface area contributed by atoms with Gasteiger partial charge in [-0.25, -0.2) is 0 Å². The van der Waals surface area contributed by atoms with Gasteiger partial charge in [-0.05, 0) is 25.0 Å². The number of nitrogens with zero attached hydrogens (tertiary/aromatic N) is 1. The molecule has 0 saturated carbocycles. The fourth-order valence-corrected chi connectivity index (χ4v) is 1.36. The molecule has 0 aromatic heterocycles. The van der Waals surface area contributed by atoms with Crippen LogP contribution in [-0.4, -0.2) is 6.04 Å². The van der Waals surface area contributed by atoms with Crippen LogP contribution in [-0.2, 0) is 6.42 Å². The largest absolute Gasteiger partial charge is 0.316 e. The number of hydrogen-bond acceptors (Lipinski definition) is 2. The van der Waals surface area contributed by atoms with E-state index in [1.807, 2.05) is 25.1 Å². The third-order valence-electron chi connectivity index (χ3n) is 2.10. The summed E-state index contributed by atoms with van der Waals surface area (Å²) in [6.07, 6.45) is 0.641. The van der Waals surface area contributed by atoms with Gasteiger partial charge in [0.25, 0.3) is 0 Å². The molecule has 0 aliphatic carbocycles. The Kier molecular flexibility index (Phi) is 3.05. The molecule has 1 rings (SSSR count). The van der Waals surface area contributed by atoms with E-state index in [4.69, 9.17) is 11.0 Å². The van der Waals surface area contributed by atoms with Crippen molar-refractivity contribution >= 4 is 0 Å². The van der Waals surface area contributed by atoms with Crippen LogP contribution in [0, 0.1) is 25.2 Å². The molecule has 0 amide bonds. The lowest BCUT2D eigenvalue weighted by Gasteiger charge is -2.07. The maximum absolute atomic E-state index is 8.57. The first-order valence-electron chi connectivity index (χ1n) is 4.35. The zero-order chi connectivity index (χ0) is 9.84. The van der Waals surface area contributed by atoms with Crippen LogP contribution in [0.4, 0.5) is 0 Å². The smallest absolute Gasteiger partial charge is 0.0968 e. The van der Waals surface area contributed by atoms with Crippen molar-refractivity contribution in [3.05, 3.63) is 34.9 Å². The summed E-state index contributed by atoms with van der Waals surface area (Å²) in [4.78, 5) is 0. The molecule has 0 spiro atoms. The van der Waals surface area contributed by atoms with Gasteiger partial charge in [0, 0.05) is 6.42 Å². The monoisotopic (exact) mass is 174 g/mol. The minimum atomic E-state index is -0.388. The second-order valence-corrected chi connectivity index (χ2v) is 3.37. The third kappa shape index (κ3) is 2.57. The summed E-state index contributed by atoms with van der Waals surface area (Å²) in [6, 6.07) is 7.85. The lowest BCUT2D eigenvalue weighted by atomic mass is 10.0. The van der Waals surface area contributed by atoms with Crippen molar-refractivity contribution in [2.24, 2.45) is 5.73 Å². The van der Waals surface area contributed by atoms with Gasteiger partial charge in [0.1, 0.15) is 0 Å². The van der Waals surface area contributed by atoms with Crippen LogP contribution in [0.1, 0.15) is 16.7 Å². The van der Waals surface area contributed by atoms with Crippen molar-refractivity contribution in [3.8, 4) is 6.07 Å². The van der Waals surface area contributed by atoms with Crippen LogP contribution in [0.2, 0.25) is 0 Å². The molecule has 1 atom stereocenters. The van der Waals surface area contributed by atoms with Crippen molar-refractivity contribution in [2.45, 2.75) is 26.3 Å². The lowest BCUT2D eigenvalue weighted by molar-refractivity contribution is 0.817. The van der Waals surface area contributed by atoms with E-state index >= 15 is 0 Å². The van der Waals surface area contributed by atoms with E-state index in [-0.39, 0.29) is 6.04 Å². The van der Waals surface area contributed by atoms with E-state index < -0.39 is 0 Å². The van der Waals surface area contributed by atoms with Crippen molar-refractivity contribution < 1.29 is 0 Å². The van der Waals surface area contributed by atoms with Gasteiger partial charge in [0.2, 0.25) is 0 Å². The first-order valence-corrected chi connectivity index (χ1v) is 4.35. The minimum absolute atomic E-state index is 0.388. The highest BCUT2D eigenvalue weighted by molar-refractivity contribution is 5.31. The van der Waals surface area contributed by atoms with E-state index in [9.17, 15) is 0 Å². The topological polar surface area (TPSA) is 49.8 Å². The maximum atomic E-state index is 8.57. The highest BCUT2D eigenvalue weighted by Crippen LogP contribution is 2.11. The number of nitriles is 1. The molecule has 2 N–H and O–H groups in total. The van der Waals surface area contributed by atoms with Crippen LogP contribution < -0.4 is 5.73 Å². The van der Waals surface area contributed by atoms with Crippen LogP contribution in [0.3, 0.4) is 0 Å². The molecular weight excluding hydrogens is 160 g/mol. The van der Waals surface area contributed by atoms with Crippen molar-refractivity contribution in [2.75, 3.05) is 0 Å². The maximum Gasteiger partial charge on any atom is 0.0968 e. The number of rotatable bonds is 2. The van der Waals surface area contributed by atoms with Gasteiger partial charge in [-0.15, -0.1) is 0 Å². The van der Waals surface area contributed by atoms with Gasteiger partial charge in [-0.1, -0.05) is 23.8 Å². The average Bonchev–Trinajstić information content (AvgIpc) is 2.09. The fourth-order valence-electron chi connectivity index (χ4n) is 1.36. The molecule has 2 heteroatoms. The first kappa shape index (κ1) is 9.76. The molecule has 1 aromatic rings. The predicted octanol–water partition coefficient (Wildman–Crippen LogP) is 1.70. The van der Waals surface area contributed by atoms with Crippen molar-refractivity contribution in [3.63, 3.8) is 0 Å². The Morgan fingerprint density at radius 2 is 2.15 bits per heavy atom. The summed E-state index contributed by atoms with van der Waals surface area (Å²) < 4.78 is 0. The summed E-state index contributed by atoms with van der Waals surface area (Å²) in [5.41, 5.74) is 9.17. The standard InChI is InChI=1S/C11H14N2/c1-8-3-4-10(9(2)5-8)6-11(13)7-12/h3-5,11H,6,13H2,1-2H3. The van der Waals surface area contributed by atoms with E-state index in [2.05, 4.69) is 13.0 Å². The Labute approximate surface area is 79.0 Å². The van der Waals surface area contributed by atoms with Gasteiger partial charge in [-0.3, -0.25) is 0 Å². The summed E-state index contributed by atoms with van der Waals surface area (Å²) in [7, 11) is 0. The number of benzene rings is 1. The summed E-state index contributed by atoms with van der Waals surface area (Å²) in [6.45, 7) is 4.10. The molecule has 0 aliphatic heterocycles. The minimum Gasteiger partial charge on any atom is -0.316 e. The molecule has 0 fully saturated rings. The molecule has 2 nitrogen and oxygen atoms in total. The van der Waals surface area contributed by atoms with Gasteiger partial charge >= 0.3 is 0 Å². The fraction of sp³-hybridized carbons (Fsp3) is 0.364. The Morgan fingerprint density at radius 1 is 1.46 bits per heavy atom. The summed E-state index contributed by atoms with van der Waals surface area (Å²) >= 11 is 0. The van der Waals surface area contributed by atoms with E-state index in [1.165, 1.54) is 16.7 Å². The third-order valence-corrected chi connectivity index (χ3v) is 2.10. The quantitative estimate of drug-likeness (QED) is 0.741. The van der Waals surface area contributed by atoms with Crippen molar-refractivity contribution in [1.82, 2.24) is 0 Å². The van der Waals surface area contributed by atoms with E-state index in [0.717, 1.165) is 0 Å². The van der Waals surface area contributed by atoms with E-state index in [0.29, 0.717) is 6.42 Å². The van der Waals surface area contributed by atoms with Gasteiger partial charge in [0.15, 0.2) is 0 Å². The zero-order valence-corrected chi connectivity index (χ0v) is 8.04. The number of hydrogen-bond donors (Lipinski definition) is 1. The lowest BCUT2D eigenvalue weighted by Crippen LogP contribution is -2.20. The Hall–Kier alpha value is -1.33. The summed E-state index contributed by atoms with van der Waals surface area (Å²) in [5, 5.41) is 8.57. The molecule has 1 aromatic carbocycles. The second-order valence-electron chi connectivity index (χ2n) is 3.37.